The average molecular weight is 316 g/mol. The van der Waals surface area contributed by atoms with E-state index in [1.807, 2.05) is 0 Å². The number of hydrogen-bond donors (Lipinski definition) is 3. The Morgan fingerprint density at radius 2 is 2.14 bits per heavy atom. The molecule has 0 saturated carbocycles. The molecule has 0 aromatic heterocycles. The van der Waals surface area contributed by atoms with Gasteiger partial charge in [0.25, 0.3) is 5.69 Å². The van der Waals surface area contributed by atoms with Gasteiger partial charge in [0.05, 0.1) is 22.1 Å². The highest BCUT2D eigenvalue weighted by Crippen LogP contribution is 2.26. The quantitative estimate of drug-likeness (QED) is 0.550. The van der Waals surface area contributed by atoms with Gasteiger partial charge in [-0.2, -0.15) is 0 Å². The molecule has 0 aliphatic rings. The van der Waals surface area contributed by atoms with E-state index in [0.29, 0.717) is 6.42 Å². The van der Waals surface area contributed by atoms with Gasteiger partial charge in [-0.15, -0.1) is 0 Å². The van der Waals surface area contributed by atoms with E-state index >= 15 is 0 Å². The van der Waals surface area contributed by atoms with Crippen LogP contribution >= 0.6 is 11.6 Å². The van der Waals surface area contributed by atoms with Gasteiger partial charge in [0, 0.05) is 18.2 Å². The lowest BCUT2D eigenvalue weighted by Crippen LogP contribution is -2.38. The molecule has 0 spiro atoms. The van der Waals surface area contributed by atoms with Crippen molar-refractivity contribution >= 4 is 35.0 Å². The summed E-state index contributed by atoms with van der Waals surface area (Å²) in [6.45, 7) is 1.73. The topological polar surface area (TPSA) is 122 Å². The summed E-state index contributed by atoms with van der Waals surface area (Å²) in [6.07, 6.45) is 0.217. The highest BCUT2D eigenvalue weighted by atomic mass is 35.5. The third-order valence-electron chi connectivity index (χ3n) is 2.66. The number of rotatable bonds is 6. The number of aliphatic carboxylic acids is 1. The van der Waals surface area contributed by atoms with Crippen LogP contribution in [0.15, 0.2) is 18.2 Å². The number of amides is 2. The van der Waals surface area contributed by atoms with Crippen molar-refractivity contribution in [2.24, 2.45) is 0 Å². The number of carbonyl (C=O) groups is 2. The number of nitro benzene ring substituents is 1. The van der Waals surface area contributed by atoms with E-state index < -0.39 is 23.0 Å². The molecule has 1 atom stereocenters. The first-order valence-corrected chi connectivity index (χ1v) is 6.44. The number of urea groups is 1. The molecule has 1 rings (SSSR count). The molecule has 0 aliphatic carbocycles. The van der Waals surface area contributed by atoms with E-state index in [4.69, 9.17) is 16.7 Å². The molecule has 21 heavy (non-hydrogen) atoms. The van der Waals surface area contributed by atoms with Crippen LogP contribution in [-0.2, 0) is 4.79 Å². The summed E-state index contributed by atoms with van der Waals surface area (Å²) in [7, 11) is 0. The van der Waals surface area contributed by atoms with E-state index in [1.54, 1.807) is 6.92 Å². The Bertz CT molecular complexity index is 564. The summed E-state index contributed by atoms with van der Waals surface area (Å²) in [4.78, 5) is 32.4. The standard InChI is InChI=1S/C12H14ClN3O5/c1-2-7(5-11(17)18)14-12(19)15-10-6-8(16(20)21)3-4-9(10)13/h3-4,6-7H,2,5H2,1H3,(H,17,18)(H2,14,15,19). The molecule has 2 amide bonds. The average Bonchev–Trinajstić information content (AvgIpc) is 2.39. The number of benzene rings is 1. The number of nitrogens with zero attached hydrogens (tertiary/aromatic N) is 1. The van der Waals surface area contributed by atoms with Crippen molar-refractivity contribution in [2.45, 2.75) is 25.8 Å². The highest BCUT2D eigenvalue weighted by molar-refractivity contribution is 6.33. The molecular formula is C12H14ClN3O5. The van der Waals surface area contributed by atoms with Crippen molar-refractivity contribution in [1.82, 2.24) is 5.32 Å². The van der Waals surface area contributed by atoms with Crippen molar-refractivity contribution in [2.75, 3.05) is 5.32 Å². The zero-order valence-corrected chi connectivity index (χ0v) is 11.9. The minimum atomic E-state index is -1.03. The van der Waals surface area contributed by atoms with E-state index in [-0.39, 0.29) is 22.8 Å². The lowest BCUT2D eigenvalue weighted by molar-refractivity contribution is -0.384. The number of halogens is 1. The van der Waals surface area contributed by atoms with Crippen LogP contribution in [-0.4, -0.2) is 28.1 Å². The van der Waals surface area contributed by atoms with E-state index in [0.717, 1.165) is 6.07 Å². The maximum absolute atomic E-state index is 11.8. The van der Waals surface area contributed by atoms with Crippen molar-refractivity contribution in [1.29, 1.82) is 0 Å². The van der Waals surface area contributed by atoms with Crippen LogP contribution in [0.5, 0.6) is 0 Å². The fourth-order valence-electron chi connectivity index (χ4n) is 1.57. The number of carbonyl (C=O) groups excluding carboxylic acids is 1. The smallest absolute Gasteiger partial charge is 0.319 e. The second-order valence-electron chi connectivity index (χ2n) is 4.22. The molecule has 1 unspecified atom stereocenters. The van der Waals surface area contributed by atoms with Crippen molar-refractivity contribution < 1.29 is 19.6 Å². The van der Waals surface area contributed by atoms with Gasteiger partial charge in [-0.1, -0.05) is 18.5 Å². The Kier molecular flexibility index (Phi) is 5.92. The third-order valence-corrected chi connectivity index (χ3v) is 2.99. The summed E-state index contributed by atoms with van der Waals surface area (Å²) < 4.78 is 0. The number of nitrogens with one attached hydrogen (secondary N) is 2. The summed E-state index contributed by atoms with van der Waals surface area (Å²) in [6, 6.07) is 2.42. The van der Waals surface area contributed by atoms with Gasteiger partial charge in [-0.25, -0.2) is 4.79 Å². The van der Waals surface area contributed by atoms with Crippen LogP contribution < -0.4 is 10.6 Å². The zero-order valence-electron chi connectivity index (χ0n) is 11.1. The molecule has 3 N–H and O–H groups in total. The largest absolute Gasteiger partial charge is 0.481 e. The first-order valence-electron chi connectivity index (χ1n) is 6.06. The second kappa shape index (κ2) is 7.44. The van der Waals surface area contributed by atoms with Gasteiger partial charge in [0.1, 0.15) is 0 Å². The molecule has 0 aliphatic heterocycles. The Labute approximate surface area is 125 Å². The van der Waals surface area contributed by atoms with Crippen molar-refractivity contribution in [3.8, 4) is 0 Å². The number of carboxylic acid groups (broad SMARTS) is 1. The van der Waals surface area contributed by atoms with Crippen LogP contribution in [0.3, 0.4) is 0 Å². The summed E-state index contributed by atoms with van der Waals surface area (Å²) in [5, 5.41) is 24.3. The number of non-ortho nitro benzene ring substituents is 1. The Balaban J connectivity index is 2.76. The Morgan fingerprint density at radius 1 is 1.48 bits per heavy atom. The summed E-state index contributed by atoms with van der Waals surface area (Å²) in [5.41, 5.74) is -0.138. The SMILES string of the molecule is CCC(CC(=O)O)NC(=O)Nc1cc([N+](=O)[O-])ccc1Cl. The van der Waals surface area contributed by atoms with E-state index in [1.165, 1.54) is 12.1 Å². The number of carboxylic acids is 1. The molecule has 114 valence electrons. The number of anilines is 1. The molecule has 0 bridgehead atoms. The summed E-state index contributed by atoms with van der Waals surface area (Å²) >= 11 is 5.84. The van der Waals surface area contributed by atoms with Gasteiger partial charge in [-0.3, -0.25) is 14.9 Å². The van der Waals surface area contributed by atoms with Crippen LogP contribution in [0.4, 0.5) is 16.2 Å². The lowest BCUT2D eigenvalue weighted by atomic mass is 10.1. The van der Waals surface area contributed by atoms with Crippen LogP contribution in [0.1, 0.15) is 19.8 Å². The second-order valence-corrected chi connectivity index (χ2v) is 4.63. The van der Waals surface area contributed by atoms with Crippen LogP contribution in [0, 0.1) is 10.1 Å². The summed E-state index contributed by atoms with van der Waals surface area (Å²) in [5.74, 6) is -1.03. The first kappa shape index (κ1) is 16.7. The monoisotopic (exact) mass is 315 g/mol. The normalized spacial score (nSPS) is 11.5. The molecule has 1 aromatic carbocycles. The van der Waals surface area contributed by atoms with Crippen molar-refractivity contribution in [3.05, 3.63) is 33.3 Å². The van der Waals surface area contributed by atoms with Crippen molar-refractivity contribution in [3.63, 3.8) is 0 Å². The highest BCUT2D eigenvalue weighted by Gasteiger charge is 2.16. The van der Waals surface area contributed by atoms with Gasteiger partial charge in [0.15, 0.2) is 0 Å². The minimum absolute atomic E-state index is 0.0774. The maximum Gasteiger partial charge on any atom is 0.319 e. The Morgan fingerprint density at radius 3 is 2.67 bits per heavy atom. The predicted molar refractivity (Wildman–Crippen MR) is 76.6 cm³/mol. The minimum Gasteiger partial charge on any atom is -0.481 e. The van der Waals surface area contributed by atoms with E-state index in [9.17, 15) is 19.7 Å². The molecule has 9 heteroatoms. The van der Waals surface area contributed by atoms with E-state index in [2.05, 4.69) is 10.6 Å². The molecule has 0 radical (unpaired) electrons. The predicted octanol–water partition coefficient (Wildman–Crippen LogP) is 2.62. The fourth-order valence-corrected chi connectivity index (χ4v) is 1.74. The molecule has 0 saturated heterocycles. The van der Waals surface area contributed by atoms with Gasteiger partial charge in [-0.05, 0) is 12.5 Å². The maximum atomic E-state index is 11.8. The molecule has 0 fully saturated rings. The molecule has 8 nitrogen and oxygen atoms in total. The number of hydrogen-bond acceptors (Lipinski definition) is 4. The van der Waals surface area contributed by atoms with Crippen LogP contribution in [0.2, 0.25) is 5.02 Å². The van der Waals surface area contributed by atoms with Gasteiger partial charge in [0.2, 0.25) is 0 Å². The molecule has 1 aromatic rings. The van der Waals surface area contributed by atoms with Gasteiger partial charge < -0.3 is 15.7 Å². The first-order chi connectivity index (χ1) is 9.83. The zero-order chi connectivity index (χ0) is 16.0. The number of nitro groups is 1. The third kappa shape index (κ3) is 5.27. The lowest BCUT2D eigenvalue weighted by Gasteiger charge is -2.15. The Hall–Kier alpha value is -2.35. The molecule has 0 heterocycles. The van der Waals surface area contributed by atoms with Gasteiger partial charge >= 0.3 is 12.0 Å². The molecular weight excluding hydrogens is 302 g/mol. The van der Waals surface area contributed by atoms with Crippen LogP contribution in [0.25, 0.3) is 0 Å². The fraction of sp³-hybridized carbons (Fsp3) is 0.333.